The van der Waals surface area contributed by atoms with E-state index in [-0.39, 0.29) is 6.42 Å². The van der Waals surface area contributed by atoms with Crippen molar-refractivity contribution in [1.29, 1.82) is 0 Å². The Morgan fingerprint density at radius 3 is 2.67 bits per heavy atom. The van der Waals surface area contributed by atoms with E-state index in [1.807, 2.05) is 0 Å². The van der Waals surface area contributed by atoms with Crippen LogP contribution in [0, 0.1) is 0 Å². The van der Waals surface area contributed by atoms with Gasteiger partial charge in [-0.25, -0.2) is 4.79 Å². The lowest BCUT2D eigenvalue weighted by atomic mass is 10.2. The minimum absolute atomic E-state index is 0.196. The highest BCUT2D eigenvalue weighted by molar-refractivity contribution is 5.66. The third-order valence-corrected chi connectivity index (χ3v) is 2.38. The van der Waals surface area contributed by atoms with Crippen LogP contribution in [0.5, 0.6) is 0 Å². The first-order valence-corrected chi connectivity index (χ1v) is 5.83. The molecule has 0 aliphatic carbocycles. The molecule has 0 bridgehead atoms. The number of aromatic amines is 2. The van der Waals surface area contributed by atoms with Crippen LogP contribution in [0.1, 0.15) is 31.4 Å². The Morgan fingerprint density at radius 1 is 1.22 bits per heavy atom. The number of aromatic nitrogens is 2. The van der Waals surface area contributed by atoms with Gasteiger partial charge in [0.1, 0.15) is 0 Å². The van der Waals surface area contributed by atoms with Crippen LogP contribution in [0.2, 0.25) is 0 Å². The number of H-pyrrole nitrogens is 2. The molecular weight excluding hydrogens is 238 g/mol. The molecule has 1 heterocycles. The maximum Gasteiger partial charge on any atom is 0.325 e. The molecule has 0 aromatic carbocycles. The largest absolute Gasteiger partial charge is 0.481 e. The molecule has 0 fully saturated rings. The van der Waals surface area contributed by atoms with E-state index in [1.54, 1.807) is 0 Å². The molecule has 100 valence electrons. The van der Waals surface area contributed by atoms with Gasteiger partial charge in [-0.1, -0.05) is 6.42 Å². The van der Waals surface area contributed by atoms with Crippen LogP contribution < -0.4 is 16.6 Å². The van der Waals surface area contributed by atoms with Gasteiger partial charge >= 0.3 is 11.7 Å². The summed E-state index contributed by atoms with van der Waals surface area (Å²) in [5.41, 5.74) is -0.396. The number of nitrogens with one attached hydrogen (secondary N) is 3. The second-order valence-electron chi connectivity index (χ2n) is 3.99. The Morgan fingerprint density at radius 2 is 2.00 bits per heavy atom. The number of rotatable bonds is 8. The number of hydrogen-bond acceptors (Lipinski definition) is 4. The Kier molecular flexibility index (Phi) is 5.86. The molecule has 0 radical (unpaired) electrons. The molecule has 4 N–H and O–H groups in total. The molecule has 0 saturated carbocycles. The first-order chi connectivity index (χ1) is 8.58. The fourth-order valence-corrected chi connectivity index (χ4v) is 1.54. The van der Waals surface area contributed by atoms with Crippen LogP contribution in [0.15, 0.2) is 15.7 Å². The van der Waals surface area contributed by atoms with Gasteiger partial charge in [-0.3, -0.25) is 14.6 Å². The maximum atomic E-state index is 11.0. The summed E-state index contributed by atoms with van der Waals surface area (Å²) < 4.78 is 0. The van der Waals surface area contributed by atoms with Crippen molar-refractivity contribution >= 4 is 5.97 Å². The molecular formula is C11H17N3O4. The van der Waals surface area contributed by atoms with E-state index >= 15 is 0 Å². The van der Waals surface area contributed by atoms with Crippen molar-refractivity contribution in [2.75, 3.05) is 6.54 Å². The van der Waals surface area contributed by atoms with E-state index in [0.717, 1.165) is 12.8 Å². The number of unbranched alkanes of at least 4 members (excludes halogenated alkanes) is 2. The summed E-state index contributed by atoms with van der Waals surface area (Å²) in [5.74, 6) is -0.774. The van der Waals surface area contributed by atoms with Crippen LogP contribution in [-0.2, 0) is 11.3 Å². The first-order valence-electron chi connectivity index (χ1n) is 5.83. The molecule has 0 saturated heterocycles. The summed E-state index contributed by atoms with van der Waals surface area (Å²) in [5, 5.41) is 11.5. The summed E-state index contributed by atoms with van der Waals surface area (Å²) in [6.07, 6.45) is 2.56. The number of hydrogen-bond donors (Lipinski definition) is 4. The third kappa shape index (κ3) is 6.00. The molecule has 7 heteroatoms. The maximum absolute atomic E-state index is 11.0. The average Bonchev–Trinajstić information content (AvgIpc) is 2.26. The van der Waals surface area contributed by atoms with Crippen LogP contribution in [0.25, 0.3) is 0 Å². The number of carbonyl (C=O) groups is 1. The SMILES string of the molecule is O=C(O)CCCCCNCc1cc(=O)[nH]c(=O)[nH]1. The molecule has 18 heavy (non-hydrogen) atoms. The van der Waals surface area contributed by atoms with Crippen molar-refractivity contribution in [3.8, 4) is 0 Å². The van der Waals surface area contributed by atoms with Crippen LogP contribution in [0.3, 0.4) is 0 Å². The fraction of sp³-hybridized carbons (Fsp3) is 0.545. The Hall–Kier alpha value is -1.89. The van der Waals surface area contributed by atoms with E-state index < -0.39 is 17.2 Å². The summed E-state index contributed by atoms with van der Waals surface area (Å²) in [7, 11) is 0. The third-order valence-electron chi connectivity index (χ3n) is 2.38. The van der Waals surface area contributed by atoms with Crippen molar-refractivity contribution in [2.45, 2.75) is 32.2 Å². The quantitative estimate of drug-likeness (QED) is 0.480. The van der Waals surface area contributed by atoms with Gasteiger partial charge in [0.25, 0.3) is 5.56 Å². The fourth-order valence-electron chi connectivity index (χ4n) is 1.54. The second kappa shape index (κ2) is 7.44. The van der Waals surface area contributed by atoms with E-state index in [9.17, 15) is 14.4 Å². The molecule has 0 aliphatic rings. The number of carboxylic acids is 1. The summed E-state index contributed by atoms with van der Waals surface area (Å²) >= 11 is 0. The summed E-state index contributed by atoms with van der Waals surface area (Å²) in [6.45, 7) is 1.13. The predicted molar refractivity (Wildman–Crippen MR) is 65.5 cm³/mol. The Balaban J connectivity index is 2.16. The van der Waals surface area contributed by atoms with Gasteiger partial charge in [0, 0.05) is 24.7 Å². The van der Waals surface area contributed by atoms with Crippen LogP contribution in [0.4, 0.5) is 0 Å². The van der Waals surface area contributed by atoms with Gasteiger partial charge in [-0.05, 0) is 19.4 Å². The van der Waals surface area contributed by atoms with Crippen molar-refractivity contribution in [3.63, 3.8) is 0 Å². The molecule has 0 unspecified atom stereocenters. The van der Waals surface area contributed by atoms with Gasteiger partial charge < -0.3 is 15.4 Å². The highest BCUT2D eigenvalue weighted by Crippen LogP contribution is 1.98. The molecule has 1 aromatic heterocycles. The molecule has 0 spiro atoms. The van der Waals surface area contributed by atoms with E-state index in [4.69, 9.17) is 5.11 Å². The molecule has 1 rings (SSSR count). The van der Waals surface area contributed by atoms with Crippen molar-refractivity contribution in [1.82, 2.24) is 15.3 Å². The van der Waals surface area contributed by atoms with Crippen LogP contribution >= 0.6 is 0 Å². The van der Waals surface area contributed by atoms with E-state index in [1.165, 1.54) is 6.07 Å². The monoisotopic (exact) mass is 255 g/mol. The molecule has 0 aliphatic heterocycles. The standard InChI is InChI=1S/C11H17N3O4/c15-9-6-8(13-11(18)14-9)7-12-5-3-1-2-4-10(16)17/h6,12H,1-5,7H2,(H,16,17)(H2,13,14,15,18). The number of carboxylic acid groups (broad SMARTS) is 1. The Bertz CT molecular complexity index is 463. The minimum atomic E-state index is -0.774. The predicted octanol–water partition coefficient (Wildman–Crippen LogP) is -0.202. The van der Waals surface area contributed by atoms with Gasteiger partial charge in [0.15, 0.2) is 0 Å². The lowest BCUT2D eigenvalue weighted by molar-refractivity contribution is -0.137. The lowest BCUT2D eigenvalue weighted by Gasteiger charge is -2.03. The summed E-state index contributed by atoms with van der Waals surface area (Å²) in [4.78, 5) is 36.8. The lowest BCUT2D eigenvalue weighted by Crippen LogP contribution is -2.26. The van der Waals surface area contributed by atoms with Gasteiger partial charge in [0.05, 0.1) is 0 Å². The molecule has 0 amide bonds. The number of aliphatic carboxylic acids is 1. The van der Waals surface area contributed by atoms with Gasteiger partial charge in [-0.15, -0.1) is 0 Å². The zero-order chi connectivity index (χ0) is 13.4. The zero-order valence-corrected chi connectivity index (χ0v) is 9.99. The van der Waals surface area contributed by atoms with E-state index in [0.29, 0.717) is 25.2 Å². The van der Waals surface area contributed by atoms with Gasteiger partial charge in [-0.2, -0.15) is 0 Å². The first kappa shape index (κ1) is 14.2. The van der Waals surface area contributed by atoms with E-state index in [2.05, 4.69) is 15.3 Å². The highest BCUT2D eigenvalue weighted by Gasteiger charge is 1.98. The Labute approximate surface area is 103 Å². The molecule has 1 aromatic rings. The molecule has 7 nitrogen and oxygen atoms in total. The molecule has 0 atom stereocenters. The smallest absolute Gasteiger partial charge is 0.325 e. The normalized spacial score (nSPS) is 10.4. The zero-order valence-electron chi connectivity index (χ0n) is 9.99. The van der Waals surface area contributed by atoms with Crippen molar-refractivity contribution in [3.05, 3.63) is 32.6 Å². The minimum Gasteiger partial charge on any atom is -0.481 e. The highest BCUT2D eigenvalue weighted by atomic mass is 16.4. The van der Waals surface area contributed by atoms with Crippen molar-refractivity contribution < 1.29 is 9.90 Å². The second-order valence-corrected chi connectivity index (χ2v) is 3.99. The summed E-state index contributed by atoms with van der Waals surface area (Å²) in [6, 6.07) is 1.33. The van der Waals surface area contributed by atoms with Gasteiger partial charge in [0.2, 0.25) is 0 Å². The van der Waals surface area contributed by atoms with Crippen LogP contribution in [-0.4, -0.2) is 27.6 Å². The van der Waals surface area contributed by atoms with Crippen molar-refractivity contribution in [2.24, 2.45) is 0 Å². The topological polar surface area (TPSA) is 115 Å². The average molecular weight is 255 g/mol.